The van der Waals surface area contributed by atoms with Gasteiger partial charge in [-0.3, -0.25) is 0 Å². The lowest BCUT2D eigenvalue weighted by atomic mass is 10.4. The summed E-state index contributed by atoms with van der Waals surface area (Å²) in [6, 6.07) is 0.477. The van der Waals surface area contributed by atoms with Gasteiger partial charge in [0.2, 0.25) is 5.89 Å². The summed E-state index contributed by atoms with van der Waals surface area (Å²) >= 11 is 5.89. The molecule has 0 saturated carbocycles. The molecule has 104 valence electrons. The van der Waals surface area contributed by atoms with Gasteiger partial charge in [-0.1, -0.05) is 5.10 Å². The van der Waals surface area contributed by atoms with Crippen molar-refractivity contribution in [1.29, 1.82) is 0 Å². The zero-order chi connectivity index (χ0) is 13.4. The minimum absolute atomic E-state index is 0.283. The molecule has 7 heteroatoms. The zero-order valence-corrected chi connectivity index (χ0v) is 11.8. The third-order valence-corrected chi connectivity index (χ3v) is 2.57. The summed E-state index contributed by atoms with van der Waals surface area (Å²) in [5.74, 6) is 0.431. The first-order chi connectivity index (χ1) is 8.69. The lowest BCUT2D eigenvalue weighted by Crippen LogP contribution is -2.29. The van der Waals surface area contributed by atoms with Crippen molar-refractivity contribution in [3.8, 4) is 0 Å². The lowest BCUT2D eigenvalue weighted by molar-refractivity contribution is 0.189. The van der Waals surface area contributed by atoms with Crippen LogP contribution in [0.2, 0.25) is 0 Å². The monoisotopic (exact) mass is 277 g/mol. The van der Waals surface area contributed by atoms with Crippen molar-refractivity contribution in [2.75, 3.05) is 45.4 Å². The average Bonchev–Trinajstić information content (AvgIpc) is 2.83. The third kappa shape index (κ3) is 4.80. The molecular formula is C11H20ClN3O3. The molecule has 1 atom stereocenters. The third-order valence-electron chi connectivity index (χ3n) is 2.38. The number of halogens is 1. The number of hydrogen-bond acceptors (Lipinski definition) is 6. The molecule has 6 nitrogen and oxygen atoms in total. The van der Waals surface area contributed by atoms with E-state index in [0.717, 1.165) is 13.0 Å². The molecule has 0 aliphatic carbocycles. The topological polar surface area (TPSA) is 60.6 Å². The fraction of sp³-hybridized carbons (Fsp3) is 0.818. The van der Waals surface area contributed by atoms with Gasteiger partial charge in [-0.25, -0.2) is 0 Å². The molecule has 0 fully saturated rings. The van der Waals surface area contributed by atoms with Crippen molar-refractivity contribution in [2.45, 2.75) is 18.7 Å². The number of methoxy groups -OCH3 is 2. The molecule has 0 N–H and O–H groups in total. The van der Waals surface area contributed by atoms with Gasteiger partial charge in [0.15, 0.2) is 0 Å². The summed E-state index contributed by atoms with van der Waals surface area (Å²) in [6.07, 6.45) is 0.883. The molecule has 0 aromatic carbocycles. The van der Waals surface area contributed by atoms with Gasteiger partial charge in [-0.2, -0.15) is 0 Å². The molecule has 1 rings (SSSR count). The maximum Gasteiger partial charge on any atom is 0.318 e. The highest BCUT2D eigenvalue weighted by Gasteiger charge is 2.16. The van der Waals surface area contributed by atoms with Crippen molar-refractivity contribution in [1.82, 2.24) is 10.2 Å². The Bertz CT molecular complexity index is 333. The molecular weight excluding hydrogens is 258 g/mol. The number of nitrogens with zero attached hydrogens (tertiary/aromatic N) is 3. The molecule has 0 radical (unpaired) electrons. The van der Waals surface area contributed by atoms with E-state index < -0.39 is 0 Å². The summed E-state index contributed by atoms with van der Waals surface area (Å²) < 4.78 is 15.6. The fourth-order valence-corrected chi connectivity index (χ4v) is 1.51. The van der Waals surface area contributed by atoms with E-state index in [-0.39, 0.29) is 5.38 Å². The van der Waals surface area contributed by atoms with Gasteiger partial charge < -0.3 is 18.8 Å². The van der Waals surface area contributed by atoms with E-state index in [1.165, 1.54) is 0 Å². The van der Waals surface area contributed by atoms with Gasteiger partial charge in [0.25, 0.3) is 0 Å². The van der Waals surface area contributed by atoms with Gasteiger partial charge in [0.1, 0.15) is 5.38 Å². The van der Waals surface area contributed by atoms with Crippen LogP contribution in [0.1, 0.15) is 24.6 Å². The minimum atomic E-state index is -0.283. The zero-order valence-electron chi connectivity index (χ0n) is 11.1. The Balaban J connectivity index is 2.61. The van der Waals surface area contributed by atoms with Crippen LogP contribution in [0, 0.1) is 0 Å². The Morgan fingerprint density at radius 2 is 1.94 bits per heavy atom. The molecule has 0 aliphatic rings. The molecule has 0 bridgehead atoms. The number of aromatic nitrogens is 2. The lowest BCUT2D eigenvalue weighted by Gasteiger charge is -2.19. The van der Waals surface area contributed by atoms with E-state index in [1.807, 2.05) is 4.90 Å². The van der Waals surface area contributed by atoms with Crippen molar-refractivity contribution in [3.63, 3.8) is 0 Å². The molecule has 1 aromatic rings. The van der Waals surface area contributed by atoms with Crippen molar-refractivity contribution in [3.05, 3.63) is 5.89 Å². The maximum atomic E-state index is 5.89. The highest BCUT2D eigenvalue weighted by Crippen LogP contribution is 2.21. The predicted octanol–water partition coefficient (Wildman–Crippen LogP) is 1.86. The smallest absolute Gasteiger partial charge is 0.318 e. The highest BCUT2D eigenvalue weighted by atomic mass is 35.5. The maximum absolute atomic E-state index is 5.89. The van der Waals surface area contributed by atoms with E-state index >= 15 is 0 Å². The summed E-state index contributed by atoms with van der Waals surface area (Å²) in [5.41, 5.74) is 0. The summed E-state index contributed by atoms with van der Waals surface area (Å²) in [7, 11) is 3.34. The number of ether oxygens (including phenoxy) is 2. The summed E-state index contributed by atoms with van der Waals surface area (Å²) in [4.78, 5) is 1.97. The van der Waals surface area contributed by atoms with Crippen LogP contribution in [0.3, 0.4) is 0 Å². The Morgan fingerprint density at radius 3 is 2.50 bits per heavy atom. The van der Waals surface area contributed by atoms with Crippen LogP contribution in [0.25, 0.3) is 0 Å². The van der Waals surface area contributed by atoms with Gasteiger partial charge in [0.05, 0.1) is 6.61 Å². The second-order valence-corrected chi connectivity index (χ2v) is 4.52. The van der Waals surface area contributed by atoms with Gasteiger partial charge in [-0.05, 0) is 13.3 Å². The average molecular weight is 278 g/mol. The molecule has 0 aliphatic heterocycles. The molecule has 18 heavy (non-hydrogen) atoms. The first-order valence-corrected chi connectivity index (χ1v) is 6.33. The molecule has 0 amide bonds. The SMILES string of the molecule is COCCCN(CCOC)c1nnc(C(C)Cl)o1. The Labute approximate surface area is 112 Å². The molecule has 1 aromatic heterocycles. The predicted molar refractivity (Wildman–Crippen MR) is 69.1 cm³/mol. The largest absolute Gasteiger partial charge is 0.406 e. The highest BCUT2D eigenvalue weighted by molar-refractivity contribution is 6.20. The number of alkyl halides is 1. The number of rotatable bonds is 9. The minimum Gasteiger partial charge on any atom is -0.406 e. The van der Waals surface area contributed by atoms with Crippen LogP contribution in [0.15, 0.2) is 4.42 Å². The van der Waals surface area contributed by atoms with Crippen LogP contribution in [0.4, 0.5) is 6.01 Å². The fourth-order valence-electron chi connectivity index (χ4n) is 1.42. The standard InChI is InChI=1S/C11H20ClN3O3/c1-9(12)10-13-14-11(18-10)15(6-8-17-3)5-4-7-16-2/h9H,4-8H2,1-3H3. The van der Waals surface area contributed by atoms with E-state index in [2.05, 4.69) is 10.2 Å². The van der Waals surface area contributed by atoms with Crippen LogP contribution < -0.4 is 4.90 Å². The second kappa shape index (κ2) is 8.29. The van der Waals surface area contributed by atoms with E-state index in [4.69, 9.17) is 25.5 Å². The number of anilines is 1. The van der Waals surface area contributed by atoms with Crippen molar-refractivity contribution >= 4 is 17.6 Å². The molecule has 0 saturated heterocycles. The second-order valence-electron chi connectivity index (χ2n) is 3.87. The van der Waals surface area contributed by atoms with Gasteiger partial charge >= 0.3 is 6.01 Å². The van der Waals surface area contributed by atoms with E-state index in [0.29, 0.717) is 31.7 Å². The quantitative estimate of drug-likeness (QED) is 0.507. The van der Waals surface area contributed by atoms with Gasteiger partial charge in [-0.15, -0.1) is 16.7 Å². The van der Waals surface area contributed by atoms with Crippen LogP contribution >= 0.6 is 11.6 Å². The molecule has 1 unspecified atom stereocenters. The Kier molecular flexibility index (Phi) is 7.00. The summed E-state index contributed by atoms with van der Waals surface area (Å²) in [6.45, 7) is 4.55. The summed E-state index contributed by atoms with van der Waals surface area (Å²) in [5, 5.41) is 7.63. The molecule has 0 spiro atoms. The normalized spacial score (nSPS) is 12.7. The first kappa shape index (κ1) is 15.2. The first-order valence-electron chi connectivity index (χ1n) is 5.89. The van der Waals surface area contributed by atoms with Crippen LogP contribution in [-0.2, 0) is 9.47 Å². The van der Waals surface area contributed by atoms with E-state index in [1.54, 1.807) is 21.1 Å². The van der Waals surface area contributed by atoms with Crippen LogP contribution in [0.5, 0.6) is 0 Å². The Morgan fingerprint density at radius 1 is 1.22 bits per heavy atom. The molecule has 1 heterocycles. The number of hydrogen-bond donors (Lipinski definition) is 0. The van der Waals surface area contributed by atoms with Gasteiger partial charge in [0, 0.05) is 33.9 Å². The van der Waals surface area contributed by atoms with Crippen LogP contribution in [-0.4, -0.2) is 50.7 Å². The van der Waals surface area contributed by atoms with Crippen molar-refractivity contribution in [2.24, 2.45) is 0 Å². The van der Waals surface area contributed by atoms with E-state index in [9.17, 15) is 0 Å². The van der Waals surface area contributed by atoms with Crippen molar-refractivity contribution < 1.29 is 13.9 Å². The Hall–Kier alpha value is -0.850.